The molecule has 8 nitrogen and oxygen atoms in total. The molecule has 1 aromatic heterocycles. The lowest BCUT2D eigenvalue weighted by molar-refractivity contribution is -0.141. The van der Waals surface area contributed by atoms with Crippen molar-refractivity contribution in [3.8, 4) is 0 Å². The lowest BCUT2D eigenvalue weighted by atomic mass is 10.0. The number of rotatable bonds is 7. The molecule has 0 aliphatic heterocycles. The van der Waals surface area contributed by atoms with E-state index in [2.05, 4.69) is 0 Å². The average Bonchev–Trinajstić information content (AvgIpc) is 3.01. The van der Waals surface area contributed by atoms with Crippen LogP contribution in [0.15, 0.2) is 47.5 Å². The number of sulfonamides is 1. The Morgan fingerprint density at radius 1 is 1.15 bits per heavy atom. The molecule has 1 N–H and O–H groups in total. The Morgan fingerprint density at radius 3 is 2.26 bits per heavy atom. The van der Waals surface area contributed by atoms with E-state index in [1.54, 1.807) is 31.3 Å². The summed E-state index contributed by atoms with van der Waals surface area (Å²) in [5.41, 5.74) is 0.879. The Bertz CT molecular complexity index is 935. The fraction of sp³-hybridized carbons (Fsp3) is 0.333. The molecule has 1 atom stereocenters. The van der Waals surface area contributed by atoms with Gasteiger partial charge in [-0.2, -0.15) is 0 Å². The lowest BCUT2D eigenvalue weighted by Crippen LogP contribution is -2.44. The third-order valence-electron chi connectivity index (χ3n) is 4.32. The van der Waals surface area contributed by atoms with Gasteiger partial charge in [-0.05, 0) is 11.6 Å². The van der Waals surface area contributed by atoms with Gasteiger partial charge in [0.2, 0.25) is 10.0 Å². The standard InChI is InChI=1S/C18H23N3O5S/c1-19(2)27(25,26)14-11-15(20(3)12-14)17(22)21(4)16(18(23)24)10-13-8-6-5-7-9-13/h5-9,11-12,16H,10H2,1-4H3,(H,23,24). The summed E-state index contributed by atoms with van der Waals surface area (Å²) >= 11 is 0. The van der Waals surface area contributed by atoms with Crippen molar-refractivity contribution in [1.29, 1.82) is 0 Å². The second-order valence-corrected chi connectivity index (χ2v) is 8.57. The minimum Gasteiger partial charge on any atom is -0.480 e. The van der Waals surface area contributed by atoms with Gasteiger partial charge in [0, 0.05) is 40.8 Å². The van der Waals surface area contributed by atoms with Crippen molar-refractivity contribution in [2.24, 2.45) is 7.05 Å². The Labute approximate surface area is 158 Å². The SMILES string of the molecule is CN(C(=O)c1cc(S(=O)(=O)N(C)C)cn1C)C(Cc1ccccc1)C(=O)O. The number of carboxylic acid groups (broad SMARTS) is 1. The zero-order valence-electron chi connectivity index (χ0n) is 15.7. The topological polar surface area (TPSA) is 99.9 Å². The molecule has 1 unspecified atom stereocenters. The van der Waals surface area contributed by atoms with Gasteiger partial charge in [0.15, 0.2) is 0 Å². The van der Waals surface area contributed by atoms with Crippen LogP contribution in [-0.2, 0) is 28.3 Å². The number of carboxylic acids is 1. The summed E-state index contributed by atoms with van der Waals surface area (Å²) in [7, 11) is 2.05. The maximum absolute atomic E-state index is 12.8. The molecule has 0 fully saturated rings. The van der Waals surface area contributed by atoms with Crippen molar-refractivity contribution in [2.45, 2.75) is 17.4 Å². The quantitative estimate of drug-likeness (QED) is 0.758. The van der Waals surface area contributed by atoms with Crippen LogP contribution in [0.4, 0.5) is 0 Å². The van der Waals surface area contributed by atoms with Crippen molar-refractivity contribution < 1.29 is 23.1 Å². The van der Waals surface area contributed by atoms with E-state index in [1.165, 1.54) is 38.0 Å². The number of hydrogen-bond donors (Lipinski definition) is 1. The molecule has 0 spiro atoms. The van der Waals surface area contributed by atoms with E-state index in [4.69, 9.17) is 0 Å². The monoisotopic (exact) mass is 393 g/mol. The number of aryl methyl sites for hydroxylation is 1. The van der Waals surface area contributed by atoms with Crippen LogP contribution < -0.4 is 0 Å². The molecule has 1 amide bonds. The van der Waals surface area contributed by atoms with Crippen molar-refractivity contribution in [3.05, 3.63) is 53.9 Å². The highest BCUT2D eigenvalue weighted by Crippen LogP contribution is 2.19. The Morgan fingerprint density at radius 2 is 1.74 bits per heavy atom. The van der Waals surface area contributed by atoms with Crippen LogP contribution in [0.2, 0.25) is 0 Å². The summed E-state index contributed by atoms with van der Waals surface area (Å²) in [6.45, 7) is 0. The lowest BCUT2D eigenvalue weighted by Gasteiger charge is -2.25. The van der Waals surface area contributed by atoms with Crippen LogP contribution >= 0.6 is 0 Å². The fourth-order valence-electron chi connectivity index (χ4n) is 2.65. The molecule has 0 aliphatic rings. The molecule has 1 aromatic carbocycles. The van der Waals surface area contributed by atoms with Crippen LogP contribution in [0.25, 0.3) is 0 Å². The fourth-order valence-corrected chi connectivity index (χ4v) is 3.62. The molecule has 146 valence electrons. The maximum Gasteiger partial charge on any atom is 0.326 e. The second kappa shape index (κ2) is 7.93. The summed E-state index contributed by atoms with van der Waals surface area (Å²) < 4.78 is 27.0. The largest absolute Gasteiger partial charge is 0.480 e. The first kappa shape index (κ1) is 20.7. The smallest absolute Gasteiger partial charge is 0.326 e. The summed E-state index contributed by atoms with van der Waals surface area (Å²) in [4.78, 5) is 25.7. The molecule has 0 bridgehead atoms. The van der Waals surface area contributed by atoms with E-state index in [1.807, 2.05) is 6.07 Å². The first-order valence-corrected chi connectivity index (χ1v) is 9.62. The highest BCUT2D eigenvalue weighted by atomic mass is 32.2. The predicted octanol–water partition coefficient (Wildman–Crippen LogP) is 1.04. The van der Waals surface area contributed by atoms with Gasteiger partial charge in [-0.3, -0.25) is 4.79 Å². The number of amides is 1. The number of carbonyl (C=O) groups excluding carboxylic acids is 1. The summed E-state index contributed by atoms with van der Waals surface area (Å²) in [6.07, 6.45) is 1.48. The maximum atomic E-state index is 12.8. The third-order valence-corrected chi connectivity index (χ3v) is 6.10. The molecule has 1 heterocycles. The number of likely N-dealkylation sites (N-methyl/N-ethyl adjacent to an activating group) is 1. The molecule has 0 aliphatic carbocycles. The zero-order chi connectivity index (χ0) is 20.4. The molecule has 2 aromatic rings. The Kier molecular flexibility index (Phi) is 6.07. The van der Waals surface area contributed by atoms with Crippen LogP contribution in [-0.4, -0.2) is 66.4 Å². The Balaban J connectivity index is 2.32. The van der Waals surface area contributed by atoms with E-state index in [0.717, 1.165) is 14.8 Å². The summed E-state index contributed by atoms with van der Waals surface area (Å²) in [6, 6.07) is 9.18. The minimum atomic E-state index is -3.70. The van der Waals surface area contributed by atoms with E-state index in [0.29, 0.717) is 0 Å². The number of carbonyl (C=O) groups is 2. The number of benzene rings is 1. The van der Waals surface area contributed by atoms with Gasteiger partial charge in [-0.1, -0.05) is 30.3 Å². The van der Waals surface area contributed by atoms with Gasteiger partial charge in [0.25, 0.3) is 5.91 Å². The van der Waals surface area contributed by atoms with Crippen LogP contribution in [0.3, 0.4) is 0 Å². The van der Waals surface area contributed by atoms with Crippen molar-refractivity contribution in [3.63, 3.8) is 0 Å². The van der Waals surface area contributed by atoms with Gasteiger partial charge in [-0.25, -0.2) is 17.5 Å². The van der Waals surface area contributed by atoms with E-state index in [-0.39, 0.29) is 17.0 Å². The summed E-state index contributed by atoms with van der Waals surface area (Å²) in [5.74, 6) is -1.70. The first-order valence-electron chi connectivity index (χ1n) is 8.18. The predicted molar refractivity (Wildman–Crippen MR) is 99.9 cm³/mol. The molecule has 0 saturated carbocycles. The van der Waals surface area contributed by atoms with Gasteiger partial charge in [0.1, 0.15) is 16.6 Å². The van der Waals surface area contributed by atoms with Crippen LogP contribution in [0.5, 0.6) is 0 Å². The minimum absolute atomic E-state index is 0.0262. The van der Waals surface area contributed by atoms with Crippen LogP contribution in [0.1, 0.15) is 16.1 Å². The number of nitrogens with zero attached hydrogens (tertiary/aromatic N) is 3. The summed E-state index contributed by atoms with van der Waals surface area (Å²) in [5, 5.41) is 9.57. The molecular weight excluding hydrogens is 370 g/mol. The molecule has 0 radical (unpaired) electrons. The number of hydrogen-bond acceptors (Lipinski definition) is 4. The van der Waals surface area contributed by atoms with Gasteiger partial charge >= 0.3 is 5.97 Å². The molecular formula is C18H23N3O5S. The van der Waals surface area contributed by atoms with E-state index in [9.17, 15) is 23.1 Å². The van der Waals surface area contributed by atoms with Crippen molar-refractivity contribution >= 4 is 21.9 Å². The van der Waals surface area contributed by atoms with Gasteiger partial charge in [0.05, 0.1) is 0 Å². The van der Waals surface area contributed by atoms with Crippen LogP contribution in [0, 0.1) is 0 Å². The van der Waals surface area contributed by atoms with Gasteiger partial charge in [-0.15, -0.1) is 0 Å². The first-order chi connectivity index (χ1) is 12.6. The third kappa shape index (κ3) is 4.37. The normalized spacial score (nSPS) is 12.8. The molecule has 9 heteroatoms. The highest BCUT2D eigenvalue weighted by Gasteiger charge is 2.30. The van der Waals surface area contributed by atoms with E-state index < -0.39 is 27.9 Å². The zero-order valence-corrected chi connectivity index (χ0v) is 16.5. The number of aliphatic carboxylic acids is 1. The van der Waals surface area contributed by atoms with Gasteiger partial charge < -0.3 is 14.6 Å². The molecule has 27 heavy (non-hydrogen) atoms. The van der Waals surface area contributed by atoms with Crippen molar-refractivity contribution in [1.82, 2.24) is 13.8 Å². The molecule has 2 rings (SSSR count). The average molecular weight is 393 g/mol. The second-order valence-electron chi connectivity index (χ2n) is 6.42. The highest BCUT2D eigenvalue weighted by molar-refractivity contribution is 7.89. The Hall–Kier alpha value is -2.65. The van der Waals surface area contributed by atoms with E-state index >= 15 is 0 Å². The molecule has 0 saturated heterocycles. The van der Waals surface area contributed by atoms with Crippen molar-refractivity contribution in [2.75, 3.05) is 21.1 Å². The number of aromatic nitrogens is 1.